The van der Waals surface area contributed by atoms with E-state index in [1.165, 1.54) is 0 Å². The summed E-state index contributed by atoms with van der Waals surface area (Å²) in [6, 6.07) is -1.00. The van der Waals surface area contributed by atoms with E-state index >= 15 is 0 Å². The summed E-state index contributed by atoms with van der Waals surface area (Å²) in [6.07, 6.45) is 5.85. The molecule has 0 radical (unpaired) electrons. The number of nitrogens with zero attached hydrogens (tertiary/aromatic N) is 1. The molecule has 8 nitrogen and oxygen atoms in total. The van der Waals surface area contributed by atoms with Crippen molar-refractivity contribution in [2.75, 3.05) is 25.4 Å². The summed E-state index contributed by atoms with van der Waals surface area (Å²) < 4.78 is 4.77. The van der Waals surface area contributed by atoms with Crippen LogP contribution in [0.25, 0.3) is 0 Å². The lowest BCUT2D eigenvalue weighted by Crippen LogP contribution is -2.60. The summed E-state index contributed by atoms with van der Waals surface area (Å²) in [7, 11) is 0. The molecule has 9 heteroatoms. The molecule has 1 saturated carbocycles. The van der Waals surface area contributed by atoms with Gasteiger partial charge in [0.05, 0.1) is 6.61 Å². The number of hydrogen-bond donors (Lipinski definition) is 3. The molecule has 1 aliphatic carbocycles. The fourth-order valence-electron chi connectivity index (χ4n) is 4.61. The van der Waals surface area contributed by atoms with Crippen LogP contribution in [0.15, 0.2) is 0 Å². The van der Waals surface area contributed by atoms with E-state index in [4.69, 9.17) is 10.5 Å². The minimum atomic E-state index is -0.781. The fraction of sp³-hybridized carbons (Fsp3) is 0.880. The maximum Gasteiger partial charge on any atom is 0.407 e. The van der Waals surface area contributed by atoms with Crippen LogP contribution in [-0.4, -0.2) is 71.1 Å². The first-order valence-corrected chi connectivity index (χ1v) is 13.9. The Morgan fingerprint density at radius 1 is 1.15 bits per heavy atom. The van der Waals surface area contributed by atoms with Gasteiger partial charge in [-0.3, -0.25) is 9.59 Å². The molecule has 1 heterocycles. The van der Waals surface area contributed by atoms with Crippen molar-refractivity contribution in [2.24, 2.45) is 17.6 Å². The molecule has 3 amide bonds. The Hall–Kier alpha value is -1.48. The monoisotopic (exact) mass is 498 g/mol. The highest BCUT2D eigenvalue weighted by molar-refractivity contribution is 8.00. The molecule has 4 N–H and O–H groups in total. The maximum absolute atomic E-state index is 13.7. The number of nitrogens with two attached hydrogens (primary N) is 1. The quantitative estimate of drug-likeness (QED) is 0.403. The molecular formula is C25H46N4O4S. The average Bonchev–Trinajstić information content (AvgIpc) is 3.29. The zero-order chi connectivity index (χ0) is 25.3. The van der Waals surface area contributed by atoms with Gasteiger partial charge >= 0.3 is 6.09 Å². The van der Waals surface area contributed by atoms with Crippen LogP contribution in [0.5, 0.6) is 0 Å². The lowest BCUT2D eigenvalue weighted by atomic mass is 9.86. The third-order valence-corrected chi connectivity index (χ3v) is 8.32. The number of likely N-dealkylation sites (tertiary alicyclic amines) is 1. The molecule has 2 atom stereocenters. The molecule has 1 aliphatic heterocycles. The van der Waals surface area contributed by atoms with Crippen molar-refractivity contribution < 1.29 is 19.1 Å². The van der Waals surface area contributed by atoms with E-state index in [-0.39, 0.29) is 30.4 Å². The lowest BCUT2D eigenvalue weighted by molar-refractivity contribution is -0.140. The lowest BCUT2D eigenvalue weighted by Gasteiger charge is -2.37. The summed E-state index contributed by atoms with van der Waals surface area (Å²) >= 11 is 1.65. The molecule has 34 heavy (non-hydrogen) atoms. The van der Waals surface area contributed by atoms with E-state index in [1.807, 2.05) is 27.7 Å². The maximum atomic E-state index is 13.7. The molecule has 2 unspecified atom stereocenters. The van der Waals surface area contributed by atoms with Crippen LogP contribution in [0, 0.1) is 11.8 Å². The van der Waals surface area contributed by atoms with Crippen LogP contribution >= 0.6 is 11.8 Å². The van der Waals surface area contributed by atoms with Crippen LogP contribution in [0.4, 0.5) is 4.79 Å². The van der Waals surface area contributed by atoms with Crippen LogP contribution < -0.4 is 16.4 Å². The first-order chi connectivity index (χ1) is 16.0. The van der Waals surface area contributed by atoms with Gasteiger partial charge in [-0.2, -0.15) is 11.8 Å². The van der Waals surface area contributed by atoms with Gasteiger partial charge in [-0.1, -0.05) is 20.8 Å². The van der Waals surface area contributed by atoms with Gasteiger partial charge in [0.2, 0.25) is 11.8 Å². The third-order valence-electron chi connectivity index (χ3n) is 6.73. The molecule has 2 fully saturated rings. The highest BCUT2D eigenvalue weighted by Gasteiger charge is 2.44. The third kappa shape index (κ3) is 8.63. The predicted molar refractivity (Wildman–Crippen MR) is 138 cm³/mol. The van der Waals surface area contributed by atoms with Gasteiger partial charge in [-0.25, -0.2) is 4.79 Å². The van der Waals surface area contributed by atoms with Gasteiger partial charge in [-0.15, -0.1) is 0 Å². The second-order valence-electron chi connectivity index (χ2n) is 10.7. The number of ether oxygens (including phenoxy) is 1. The Labute approximate surface area is 209 Å². The summed E-state index contributed by atoms with van der Waals surface area (Å²) in [6.45, 7) is 11.4. The van der Waals surface area contributed by atoms with Gasteiger partial charge in [-0.05, 0) is 76.4 Å². The molecule has 0 aromatic heterocycles. The van der Waals surface area contributed by atoms with Crippen LogP contribution in [0.2, 0.25) is 0 Å². The second-order valence-corrected chi connectivity index (χ2v) is 12.5. The Balaban J connectivity index is 2.06. The molecule has 0 bridgehead atoms. The minimum Gasteiger partial charge on any atom is -0.449 e. The van der Waals surface area contributed by atoms with Crippen LogP contribution in [0.3, 0.4) is 0 Å². The van der Waals surface area contributed by atoms with Gasteiger partial charge in [0.25, 0.3) is 0 Å². The Bertz CT molecular complexity index is 680. The first-order valence-electron chi connectivity index (χ1n) is 13.0. The number of thioether (sulfide) groups is 1. The predicted octanol–water partition coefficient (Wildman–Crippen LogP) is 3.28. The number of hydrogen-bond acceptors (Lipinski definition) is 6. The molecule has 1 saturated heterocycles. The summed E-state index contributed by atoms with van der Waals surface area (Å²) in [5, 5.41) is 5.92. The van der Waals surface area contributed by atoms with E-state index < -0.39 is 22.9 Å². The number of carbonyl (C=O) groups is 3. The number of rotatable bonds is 11. The fourth-order valence-corrected chi connectivity index (χ4v) is 5.66. The molecule has 0 aromatic rings. The number of alkyl carbamates (subject to hydrolysis) is 1. The van der Waals surface area contributed by atoms with Gasteiger partial charge < -0.3 is 26.0 Å². The Kier molecular flexibility index (Phi) is 11.5. The van der Waals surface area contributed by atoms with E-state index in [1.54, 1.807) is 16.7 Å². The second kappa shape index (κ2) is 13.6. The van der Waals surface area contributed by atoms with Crippen molar-refractivity contribution in [3.8, 4) is 0 Å². The van der Waals surface area contributed by atoms with Crippen molar-refractivity contribution in [3.63, 3.8) is 0 Å². The molecule has 2 aliphatic rings. The van der Waals surface area contributed by atoms with Crippen molar-refractivity contribution in [1.29, 1.82) is 0 Å². The highest BCUT2D eigenvalue weighted by atomic mass is 32.2. The summed E-state index contributed by atoms with van der Waals surface area (Å²) in [4.78, 5) is 41.0. The SMILES string of the molecule is CCCSC(C)(C)C(NC(=O)OCC(C)C)C(=O)N1CCCC1C(=O)NCC1CCC(N)CC1. The van der Waals surface area contributed by atoms with Crippen molar-refractivity contribution in [2.45, 2.75) is 102 Å². The van der Waals surface area contributed by atoms with E-state index in [0.29, 0.717) is 25.4 Å². The van der Waals surface area contributed by atoms with Crippen molar-refractivity contribution in [3.05, 3.63) is 0 Å². The number of carbonyl (C=O) groups excluding carboxylic acids is 3. The molecular weight excluding hydrogens is 452 g/mol. The Morgan fingerprint density at radius 2 is 1.82 bits per heavy atom. The Morgan fingerprint density at radius 3 is 2.44 bits per heavy atom. The molecule has 0 aromatic carbocycles. The molecule has 2 rings (SSSR count). The highest BCUT2D eigenvalue weighted by Crippen LogP contribution is 2.32. The average molecular weight is 499 g/mol. The molecule has 0 spiro atoms. The topological polar surface area (TPSA) is 114 Å². The number of amides is 3. The smallest absolute Gasteiger partial charge is 0.407 e. The standard InChI is InChI=1S/C25H46N4O4S/c1-6-14-34-25(4,5)21(28-24(32)33-16-17(2)3)23(31)29-13-7-8-20(29)22(30)27-15-18-9-11-19(26)12-10-18/h17-21H,6-16,26H2,1-5H3,(H,27,30)(H,28,32). The van der Waals surface area contributed by atoms with Gasteiger partial charge in [0.1, 0.15) is 12.1 Å². The zero-order valence-corrected chi connectivity index (χ0v) is 22.5. The number of nitrogens with one attached hydrogen (secondary N) is 2. The normalized spacial score (nSPS) is 24.1. The van der Waals surface area contributed by atoms with E-state index in [9.17, 15) is 14.4 Å². The minimum absolute atomic E-state index is 0.0964. The van der Waals surface area contributed by atoms with Crippen molar-refractivity contribution >= 4 is 29.7 Å². The molecule has 196 valence electrons. The van der Waals surface area contributed by atoms with E-state index in [2.05, 4.69) is 17.6 Å². The van der Waals surface area contributed by atoms with Crippen molar-refractivity contribution in [1.82, 2.24) is 15.5 Å². The van der Waals surface area contributed by atoms with Crippen LogP contribution in [0.1, 0.15) is 79.6 Å². The zero-order valence-electron chi connectivity index (χ0n) is 21.7. The summed E-state index contributed by atoms with van der Waals surface area (Å²) in [5.41, 5.74) is 5.99. The first kappa shape index (κ1) is 28.8. The van der Waals surface area contributed by atoms with Crippen LogP contribution in [-0.2, 0) is 14.3 Å². The van der Waals surface area contributed by atoms with E-state index in [0.717, 1.165) is 44.3 Å². The largest absolute Gasteiger partial charge is 0.449 e. The summed E-state index contributed by atoms with van der Waals surface area (Å²) in [5.74, 6) is 1.21. The van der Waals surface area contributed by atoms with Gasteiger partial charge in [0.15, 0.2) is 0 Å². The van der Waals surface area contributed by atoms with Gasteiger partial charge in [0, 0.05) is 23.9 Å².